The van der Waals surface area contributed by atoms with Gasteiger partial charge < -0.3 is 15.2 Å². The number of ether oxygens (including phenoxy) is 1. The number of aromatic nitrogens is 1. The minimum absolute atomic E-state index is 0.188. The van der Waals surface area contributed by atoms with Gasteiger partial charge in [0, 0.05) is 12.6 Å². The van der Waals surface area contributed by atoms with E-state index in [1.54, 1.807) is 37.4 Å². The Morgan fingerprint density at radius 1 is 1.67 bits per heavy atom. The monoisotopic (exact) mass is 307 g/mol. The molecule has 0 aliphatic carbocycles. The molecule has 1 fully saturated rings. The number of pyridine rings is 1. The molecule has 1 aliphatic rings. The van der Waals surface area contributed by atoms with Gasteiger partial charge in [-0.3, -0.25) is 4.79 Å². The summed E-state index contributed by atoms with van der Waals surface area (Å²) in [6, 6.07) is 4.76. The summed E-state index contributed by atoms with van der Waals surface area (Å²) in [5, 5.41) is 12.5. The van der Waals surface area contributed by atoms with Crippen LogP contribution in [0.3, 0.4) is 0 Å². The van der Waals surface area contributed by atoms with E-state index in [0.717, 1.165) is 0 Å². The van der Waals surface area contributed by atoms with E-state index in [0.29, 0.717) is 23.1 Å². The third-order valence-electron chi connectivity index (χ3n) is 2.95. The number of amides is 1. The van der Waals surface area contributed by atoms with Crippen molar-refractivity contribution in [2.45, 2.75) is 32.6 Å². The lowest BCUT2D eigenvalue weighted by atomic mass is 10.1. The van der Waals surface area contributed by atoms with Crippen LogP contribution in [0.25, 0.3) is 0 Å². The van der Waals surface area contributed by atoms with Crippen LogP contribution in [0.5, 0.6) is 0 Å². The lowest BCUT2D eigenvalue weighted by Gasteiger charge is -2.15. The summed E-state index contributed by atoms with van der Waals surface area (Å²) < 4.78 is 5.23. The van der Waals surface area contributed by atoms with E-state index in [4.69, 9.17) is 17.0 Å². The first-order chi connectivity index (χ1) is 10.0. The highest BCUT2D eigenvalue weighted by Gasteiger charge is 2.37. The molecular formula is C14H17N3O3S. The Morgan fingerprint density at radius 3 is 3.00 bits per heavy atom. The van der Waals surface area contributed by atoms with Gasteiger partial charge in [-0.25, -0.2) is 9.88 Å². The Labute approximate surface area is 128 Å². The SMILES string of the molecule is CC=C(CC1NC(=S)N(c2ccccn2)C1=O)OC(C)O. The van der Waals surface area contributed by atoms with Crippen LogP contribution in [0.2, 0.25) is 0 Å². The van der Waals surface area contributed by atoms with Gasteiger partial charge in [0.15, 0.2) is 11.4 Å². The molecule has 1 saturated heterocycles. The number of rotatable bonds is 5. The second-order valence-corrected chi connectivity index (χ2v) is 4.93. The van der Waals surface area contributed by atoms with Crippen LogP contribution in [-0.2, 0) is 9.53 Å². The smallest absolute Gasteiger partial charge is 0.257 e. The van der Waals surface area contributed by atoms with Gasteiger partial charge in [-0.1, -0.05) is 6.07 Å². The summed E-state index contributed by atoms with van der Waals surface area (Å²) in [4.78, 5) is 18.0. The number of thiocarbonyl (C=S) groups is 1. The molecule has 2 atom stereocenters. The summed E-state index contributed by atoms with van der Waals surface area (Å²) in [7, 11) is 0. The normalized spacial score (nSPS) is 20.4. The highest BCUT2D eigenvalue weighted by Crippen LogP contribution is 2.20. The number of hydrogen-bond donors (Lipinski definition) is 2. The predicted molar refractivity (Wildman–Crippen MR) is 82.4 cm³/mol. The van der Waals surface area contributed by atoms with Gasteiger partial charge in [0.1, 0.15) is 11.9 Å². The van der Waals surface area contributed by atoms with Crippen molar-refractivity contribution in [1.82, 2.24) is 10.3 Å². The number of hydrogen-bond acceptors (Lipinski definition) is 5. The first-order valence-corrected chi connectivity index (χ1v) is 6.99. The van der Waals surface area contributed by atoms with Crippen molar-refractivity contribution in [3.8, 4) is 0 Å². The summed E-state index contributed by atoms with van der Waals surface area (Å²) in [6.45, 7) is 3.30. The van der Waals surface area contributed by atoms with Gasteiger partial charge in [0.05, 0.1) is 5.76 Å². The zero-order chi connectivity index (χ0) is 15.4. The molecule has 2 unspecified atom stereocenters. The van der Waals surface area contributed by atoms with Crippen LogP contribution in [0.4, 0.5) is 5.82 Å². The molecule has 1 aliphatic heterocycles. The van der Waals surface area contributed by atoms with E-state index in [-0.39, 0.29) is 5.91 Å². The Balaban J connectivity index is 2.11. The molecule has 0 spiro atoms. The van der Waals surface area contributed by atoms with E-state index in [9.17, 15) is 9.90 Å². The second-order valence-electron chi connectivity index (χ2n) is 4.54. The fourth-order valence-electron chi connectivity index (χ4n) is 2.03. The molecule has 21 heavy (non-hydrogen) atoms. The lowest BCUT2D eigenvalue weighted by molar-refractivity contribution is -0.118. The van der Waals surface area contributed by atoms with Gasteiger partial charge in [0.2, 0.25) is 0 Å². The molecule has 2 N–H and O–H groups in total. The van der Waals surface area contributed by atoms with Crippen molar-refractivity contribution in [1.29, 1.82) is 0 Å². The molecule has 112 valence electrons. The average Bonchev–Trinajstić information content (AvgIpc) is 2.73. The molecule has 7 heteroatoms. The quantitative estimate of drug-likeness (QED) is 0.485. The Hall–Kier alpha value is -1.99. The van der Waals surface area contributed by atoms with Gasteiger partial charge in [-0.05, 0) is 44.3 Å². The Bertz CT molecular complexity index is 560. The third kappa shape index (κ3) is 3.56. The fraction of sp³-hybridized carbons (Fsp3) is 0.357. The van der Waals surface area contributed by atoms with E-state index in [2.05, 4.69) is 10.3 Å². The molecule has 0 radical (unpaired) electrons. The molecule has 1 amide bonds. The number of anilines is 1. The number of allylic oxidation sites excluding steroid dienone is 1. The molecule has 0 aromatic carbocycles. The van der Waals surface area contributed by atoms with Crippen LogP contribution >= 0.6 is 12.2 Å². The van der Waals surface area contributed by atoms with Gasteiger partial charge >= 0.3 is 0 Å². The highest BCUT2D eigenvalue weighted by molar-refractivity contribution is 7.80. The first-order valence-electron chi connectivity index (χ1n) is 6.58. The van der Waals surface area contributed by atoms with Crippen molar-refractivity contribution in [3.05, 3.63) is 36.2 Å². The zero-order valence-electron chi connectivity index (χ0n) is 11.8. The van der Waals surface area contributed by atoms with Crippen molar-refractivity contribution >= 4 is 29.1 Å². The van der Waals surface area contributed by atoms with E-state index < -0.39 is 12.3 Å². The molecule has 0 saturated carbocycles. The number of carbonyl (C=O) groups is 1. The molecule has 6 nitrogen and oxygen atoms in total. The maximum Gasteiger partial charge on any atom is 0.257 e. The van der Waals surface area contributed by atoms with Crippen LogP contribution in [0.1, 0.15) is 20.3 Å². The minimum Gasteiger partial charge on any atom is -0.470 e. The summed E-state index contributed by atoms with van der Waals surface area (Å²) >= 11 is 5.20. The molecule has 2 rings (SSSR count). The van der Waals surface area contributed by atoms with E-state index in [1.807, 2.05) is 0 Å². The lowest BCUT2D eigenvalue weighted by Crippen LogP contribution is -2.32. The minimum atomic E-state index is -0.924. The number of nitrogens with zero attached hydrogens (tertiary/aromatic N) is 2. The summed E-state index contributed by atoms with van der Waals surface area (Å²) in [5.41, 5.74) is 0. The van der Waals surface area contributed by atoms with Crippen LogP contribution in [0, 0.1) is 0 Å². The van der Waals surface area contributed by atoms with Gasteiger partial charge in [-0.2, -0.15) is 0 Å². The average molecular weight is 307 g/mol. The van der Waals surface area contributed by atoms with E-state index in [1.165, 1.54) is 11.8 Å². The Kier molecular flexibility index (Phi) is 4.87. The van der Waals surface area contributed by atoms with Gasteiger partial charge in [-0.15, -0.1) is 0 Å². The molecular weight excluding hydrogens is 290 g/mol. The molecule has 1 aromatic rings. The van der Waals surface area contributed by atoms with Crippen molar-refractivity contribution in [2.24, 2.45) is 0 Å². The maximum atomic E-state index is 12.4. The fourth-order valence-corrected chi connectivity index (χ4v) is 2.35. The number of nitrogens with one attached hydrogen (secondary N) is 1. The predicted octanol–water partition coefficient (Wildman–Crippen LogP) is 1.32. The highest BCUT2D eigenvalue weighted by atomic mass is 32.1. The van der Waals surface area contributed by atoms with Crippen molar-refractivity contribution in [3.63, 3.8) is 0 Å². The van der Waals surface area contributed by atoms with E-state index >= 15 is 0 Å². The standard InChI is InChI=1S/C14H17N3O3S/c1-3-10(20-9(2)18)8-11-13(19)17(14(21)16-11)12-6-4-5-7-15-12/h3-7,9,11,18H,8H2,1-2H3,(H,16,21). The van der Waals surface area contributed by atoms with Crippen LogP contribution in [-0.4, -0.2) is 33.4 Å². The zero-order valence-corrected chi connectivity index (χ0v) is 12.6. The first kappa shape index (κ1) is 15.4. The Morgan fingerprint density at radius 2 is 2.43 bits per heavy atom. The number of carbonyl (C=O) groups excluding carboxylic acids is 1. The molecule has 1 aromatic heterocycles. The van der Waals surface area contributed by atoms with Crippen molar-refractivity contribution < 1.29 is 14.6 Å². The number of aliphatic hydroxyl groups excluding tert-OH is 1. The second kappa shape index (κ2) is 6.64. The maximum absolute atomic E-state index is 12.4. The van der Waals surface area contributed by atoms with Gasteiger partial charge in [0.25, 0.3) is 5.91 Å². The molecule has 2 heterocycles. The van der Waals surface area contributed by atoms with Crippen LogP contribution in [0.15, 0.2) is 36.2 Å². The van der Waals surface area contributed by atoms with Crippen LogP contribution < -0.4 is 10.2 Å². The largest absolute Gasteiger partial charge is 0.470 e. The topological polar surface area (TPSA) is 74.7 Å². The third-order valence-corrected chi connectivity index (χ3v) is 3.25. The van der Waals surface area contributed by atoms with Crippen molar-refractivity contribution in [2.75, 3.05) is 4.90 Å². The summed E-state index contributed by atoms with van der Waals surface area (Å²) in [5.74, 6) is 0.828. The molecule has 0 bridgehead atoms. The number of aliphatic hydroxyl groups is 1. The summed E-state index contributed by atoms with van der Waals surface area (Å²) in [6.07, 6.45) is 2.70.